The van der Waals surface area contributed by atoms with E-state index in [9.17, 15) is 4.79 Å². The molecule has 1 amide bonds. The van der Waals surface area contributed by atoms with Crippen molar-refractivity contribution in [2.75, 3.05) is 46.9 Å². The van der Waals surface area contributed by atoms with Crippen molar-refractivity contribution in [1.29, 1.82) is 0 Å². The van der Waals surface area contributed by atoms with E-state index in [1.54, 1.807) is 20.4 Å². The van der Waals surface area contributed by atoms with Crippen LogP contribution >= 0.6 is 12.4 Å². The minimum Gasteiger partial charge on any atom is -0.493 e. The average molecular weight is 433 g/mol. The summed E-state index contributed by atoms with van der Waals surface area (Å²) in [6.45, 7) is 4.33. The number of benzene rings is 1. The summed E-state index contributed by atoms with van der Waals surface area (Å²) in [6, 6.07) is 8.23. The third-order valence-corrected chi connectivity index (χ3v) is 5.83. The maximum Gasteiger partial charge on any atom is 0.237 e. The van der Waals surface area contributed by atoms with Crippen molar-refractivity contribution >= 4 is 18.3 Å². The lowest BCUT2D eigenvalue weighted by Crippen LogP contribution is -2.50. The Kier molecular flexibility index (Phi) is 7.53. The van der Waals surface area contributed by atoms with E-state index < -0.39 is 0 Å². The van der Waals surface area contributed by atoms with Gasteiger partial charge in [-0.25, -0.2) is 0 Å². The standard InChI is InChI=1S/C22H28N4O3.ClH/c1-28-20-10-16-5-8-26(14-18(16)11-21(20)29-2)22(27)15-25-9-7-24-13-19(25)17-4-3-6-23-12-17;/h3-4,6,10-12,19,24H,5,7-9,13-15H2,1-2H3;1H. The summed E-state index contributed by atoms with van der Waals surface area (Å²) in [4.78, 5) is 21.6. The number of halogens is 1. The Morgan fingerprint density at radius 3 is 2.67 bits per heavy atom. The summed E-state index contributed by atoms with van der Waals surface area (Å²) in [5.41, 5.74) is 3.50. The highest BCUT2D eigenvalue weighted by molar-refractivity contribution is 5.85. The van der Waals surface area contributed by atoms with E-state index >= 15 is 0 Å². The maximum atomic E-state index is 13.1. The van der Waals surface area contributed by atoms with Crippen molar-refractivity contribution in [2.45, 2.75) is 19.0 Å². The number of carbonyl (C=O) groups is 1. The molecule has 8 heteroatoms. The molecule has 2 aliphatic rings. The monoisotopic (exact) mass is 432 g/mol. The highest BCUT2D eigenvalue weighted by atomic mass is 35.5. The van der Waals surface area contributed by atoms with Crippen LogP contribution in [0.25, 0.3) is 0 Å². The zero-order valence-corrected chi connectivity index (χ0v) is 18.3. The third kappa shape index (κ3) is 4.69. The maximum absolute atomic E-state index is 13.1. The van der Waals surface area contributed by atoms with Crippen LogP contribution in [-0.2, 0) is 17.8 Å². The Balaban J connectivity index is 0.00000256. The van der Waals surface area contributed by atoms with Crippen molar-refractivity contribution in [3.63, 3.8) is 0 Å². The van der Waals surface area contributed by atoms with E-state index in [4.69, 9.17) is 9.47 Å². The van der Waals surface area contributed by atoms with E-state index in [-0.39, 0.29) is 24.4 Å². The van der Waals surface area contributed by atoms with Gasteiger partial charge in [0.15, 0.2) is 11.5 Å². The van der Waals surface area contributed by atoms with Gasteiger partial charge in [0.1, 0.15) is 0 Å². The van der Waals surface area contributed by atoms with E-state index in [0.717, 1.165) is 49.5 Å². The molecule has 30 heavy (non-hydrogen) atoms. The van der Waals surface area contributed by atoms with Gasteiger partial charge in [-0.15, -0.1) is 12.4 Å². The smallest absolute Gasteiger partial charge is 0.237 e. The third-order valence-electron chi connectivity index (χ3n) is 5.83. The number of aromatic nitrogens is 1. The zero-order valence-electron chi connectivity index (χ0n) is 17.5. The number of pyridine rings is 1. The Morgan fingerprint density at radius 2 is 1.97 bits per heavy atom. The largest absolute Gasteiger partial charge is 0.493 e. The number of carbonyl (C=O) groups excluding carboxylic acids is 1. The number of amides is 1. The molecule has 0 radical (unpaired) electrons. The Bertz CT molecular complexity index is 865. The number of methoxy groups -OCH3 is 2. The number of piperazine rings is 1. The molecule has 1 aromatic carbocycles. The molecule has 3 heterocycles. The molecular weight excluding hydrogens is 404 g/mol. The van der Waals surface area contributed by atoms with Gasteiger partial charge in [-0.05, 0) is 41.3 Å². The van der Waals surface area contributed by atoms with Gasteiger partial charge in [0.25, 0.3) is 0 Å². The summed E-state index contributed by atoms with van der Waals surface area (Å²) < 4.78 is 10.8. The Labute approximate surface area is 183 Å². The van der Waals surface area contributed by atoms with E-state index in [2.05, 4.69) is 21.3 Å². The first-order valence-corrected chi connectivity index (χ1v) is 10.1. The number of ether oxygens (including phenoxy) is 2. The summed E-state index contributed by atoms with van der Waals surface area (Å²) in [5.74, 6) is 1.62. The number of nitrogens with zero attached hydrogens (tertiary/aromatic N) is 3. The number of hydrogen-bond donors (Lipinski definition) is 1. The van der Waals surface area contributed by atoms with Crippen molar-refractivity contribution in [3.05, 3.63) is 53.3 Å². The molecule has 7 nitrogen and oxygen atoms in total. The SMILES string of the molecule is COc1cc2c(cc1OC)CN(C(=O)CN1CCNCC1c1cccnc1)CC2.Cl. The molecule has 162 valence electrons. The second-order valence-corrected chi connectivity index (χ2v) is 7.52. The quantitative estimate of drug-likeness (QED) is 0.780. The Hall–Kier alpha value is -2.35. The van der Waals surface area contributed by atoms with Gasteiger partial charge >= 0.3 is 0 Å². The van der Waals surface area contributed by atoms with Crippen LogP contribution in [0, 0.1) is 0 Å². The van der Waals surface area contributed by atoms with Gasteiger partial charge in [-0.2, -0.15) is 0 Å². The first kappa shape index (κ1) is 22.3. The van der Waals surface area contributed by atoms with Crippen molar-refractivity contribution in [3.8, 4) is 11.5 Å². The minimum atomic E-state index is 0. The lowest BCUT2D eigenvalue weighted by Gasteiger charge is -2.38. The lowest BCUT2D eigenvalue weighted by atomic mass is 9.98. The predicted molar refractivity (Wildman–Crippen MR) is 117 cm³/mol. The number of hydrogen-bond acceptors (Lipinski definition) is 6. The molecule has 1 atom stereocenters. The summed E-state index contributed by atoms with van der Waals surface area (Å²) >= 11 is 0. The van der Waals surface area contributed by atoms with Crippen LogP contribution < -0.4 is 14.8 Å². The van der Waals surface area contributed by atoms with Gasteiger partial charge in [0, 0.05) is 51.2 Å². The molecule has 1 aromatic heterocycles. The van der Waals surface area contributed by atoms with Gasteiger partial charge < -0.3 is 19.7 Å². The molecule has 1 saturated heterocycles. The van der Waals surface area contributed by atoms with E-state index in [1.807, 2.05) is 29.3 Å². The van der Waals surface area contributed by atoms with Crippen molar-refractivity contribution in [2.24, 2.45) is 0 Å². The normalized spacial score (nSPS) is 18.9. The van der Waals surface area contributed by atoms with Gasteiger partial charge in [0.2, 0.25) is 5.91 Å². The highest BCUT2D eigenvalue weighted by Gasteiger charge is 2.29. The van der Waals surface area contributed by atoms with Crippen molar-refractivity contribution in [1.82, 2.24) is 20.1 Å². The minimum absolute atomic E-state index is 0. The molecule has 1 unspecified atom stereocenters. The summed E-state index contributed by atoms with van der Waals surface area (Å²) in [5, 5.41) is 3.43. The molecule has 1 fully saturated rings. The molecule has 0 spiro atoms. The highest BCUT2D eigenvalue weighted by Crippen LogP contribution is 2.33. The molecule has 1 N–H and O–H groups in total. The fourth-order valence-electron chi connectivity index (χ4n) is 4.21. The molecule has 2 aliphatic heterocycles. The van der Waals surface area contributed by atoms with Crippen LogP contribution in [0.1, 0.15) is 22.7 Å². The molecule has 4 rings (SSSR count). The van der Waals surface area contributed by atoms with Crippen LogP contribution in [0.15, 0.2) is 36.7 Å². The average Bonchev–Trinajstić information content (AvgIpc) is 2.78. The number of rotatable bonds is 5. The van der Waals surface area contributed by atoms with E-state index in [1.165, 1.54) is 5.56 Å². The van der Waals surface area contributed by atoms with Gasteiger partial charge in [-0.3, -0.25) is 14.7 Å². The van der Waals surface area contributed by atoms with Crippen LogP contribution in [0.2, 0.25) is 0 Å². The fourth-order valence-corrected chi connectivity index (χ4v) is 4.21. The van der Waals surface area contributed by atoms with Gasteiger partial charge in [-0.1, -0.05) is 6.07 Å². The van der Waals surface area contributed by atoms with Crippen LogP contribution in [0.5, 0.6) is 11.5 Å². The van der Waals surface area contributed by atoms with Crippen molar-refractivity contribution < 1.29 is 14.3 Å². The van der Waals surface area contributed by atoms with Crippen LogP contribution in [0.3, 0.4) is 0 Å². The zero-order chi connectivity index (χ0) is 20.2. The number of nitrogens with one attached hydrogen (secondary N) is 1. The molecule has 0 bridgehead atoms. The molecule has 0 saturated carbocycles. The second-order valence-electron chi connectivity index (χ2n) is 7.52. The second kappa shape index (κ2) is 10.1. The Morgan fingerprint density at radius 1 is 1.20 bits per heavy atom. The van der Waals surface area contributed by atoms with Gasteiger partial charge in [0.05, 0.1) is 20.8 Å². The summed E-state index contributed by atoms with van der Waals surface area (Å²) in [7, 11) is 3.29. The first-order valence-electron chi connectivity index (χ1n) is 10.1. The fraction of sp³-hybridized carbons (Fsp3) is 0.455. The molecule has 2 aromatic rings. The van der Waals surface area contributed by atoms with E-state index in [0.29, 0.717) is 18.8 Å². The molecular formula is C22H29ClN4O3. The first-order chi connectivity index (χ1) is 14.2. The molecule has 0 aliphatic carbocycles. The van der Waals surface area contributed by atoms with Crippen LogP contribution in [0.4, 0.5) is 0 Å². The topological polar surface area (TPSA) is 66.9 Å². The lowest BCUT2D eigenvalue weighted by molar-refractivity contribution is -0.134. The summed E-state index contributed by atoms with van der Waals surface area (Å²) in [6.07, 6.45) is 4.50. The number of fused-ring (bicyclic) bond motifs is 1. The van der Waals surface area contributed by atoms with Crippen LogP contribution in [-0.4, -0.2) is 67.6 Å². The predicted octanol–water partition coefficient (Wildman–Crippen LogP) is 2.05.